The van der Waals surface area contributed by atoms with Crippen LogP contribution in [0.1, 0.15) is 30.7 Å². The Morgan fingerprint density at radius 1 is 1.00 bits per heavy atom. The van der Waals surface area contributed by atoms with Crippen LogP contribution < -0.4 is 10.1 Å². The Hall–Kier alpha value is -5.20. The lowest BCUT2D eigenvalue weighted by molar-refractivity contribution is -0.138. The number of rotatable bonds is 9. The summed E-state index contributed by atoms with van der Waals surface area (Å²) in [4.78, 5) is 39.6. The van der Waals surface area contributed by atoms with Gasteiger partial charge in [-0.2, -0.15) is 5.10 Å². The first-order chi connectivity index (χ1) is 23.9. The highest BCUT2D eigenvalue weighted by Gasteiger charge is 2.45. The summed E-state index contributed by atoms with van der Waals surface area (Å²) in [5.41, 5.74) is 3.68. The van der Waals surface area contributed by atoms with Gasteiger partial charge in [0.2, 0.25) is 5.91 Å². The zero-order valence-electron chi connectivity index (χ0n) is 27.5. The molecule has 2 amide bonds. The number of aromatic nitrogens is 4. The molecule has 2 aliphatic rings. The number of hydrogen-bond donors (Lipinski definition) is 2. The van der Waals surface area contributed by atoms with E-state index in [2.05, 4.69) is 49.7 Å². The molecule has 0 bridgehead atoms. The molecule has 0 spiro atoms. The average molecular weight is 664 g/mol. The van der Waals surface area contributed by atoms with Crippen LogP contribution in [-0.2, 0) is 14.3 Å². The second kappa shape index (κ2) is 13.7. The van der Waals surface area contributed by atoms with Crippen molar-refractivity contribution in [3.8, 4) is 28.4 Å². The van der Waals surface area contributed by atoms with Crippen LogP contribution in [0.5, 0.6) is 5.75 Å². The van der Waals surface area contributed by atoms with Gasteiger partial charge in [0.25, 0.3) is 5.91 Å². The Morgan fingerprint density at radius 3 is 2.51 bits per heavy atom. The Morgan fingerprint density at radius 2 is 1.78 bits per heavy atom. The summed E-state index contributed by atoms with van der Waals surface area (Å²) >= 11 is 0. The number of methoxy groups -OCH3 is 2. The normalized spacial score (nSPS) is 18.6. The van der Waals surface area contributed by atoms with E-state index < -0.39 is 11.4 Å². The van der Waals surface area contributed by atoms with Crippen molar-refractivity contribution in [3.05, 3.63) is 90.5 Å². The van der Waals surface area contributed by atoms with E-state index in [1.807, 2.05) is 21.9 Å². The SMILES string of the molecule is COc1cc(F)ccc1-c1n[nH]c2ccc(NC(=O)[C@]3(OC)CCN(CC(=O)N4CCC(c5ccc(-c6ncccn6)cc5)CC4)C3)cc12. The summed E-state index contributed by atoms with van der Waals surface area (Å²) in [6, 6.07) is 19.9. The minimum Gasteiger partial charge on any atom is -0.496 e. The van der Waals surface area contributed by atoms with E-state index in [9.17, 15) is 14.0 Å². The van der Waals surface area contributed by atoms with E-state index in [1.54, 1.807) is 30.6 Å². The maximum atomic E-state index is 13.8. The molecule has 2 fully saturated rings. The van der Waals surface area contributed by atoms with Crippen molar-refractivity contribution < 1.29 is 23.5 Å². The molecule has 2 aliphatic heterocycles. The maximum Gasteiger partial charge on any atom is 0.258 e. The Labute approximate surface area is 283 Å². The van der Waals surface area contributed by atoms with Crippen molar-refractivity contribution in [2.24, 2.45) is 0 Å². The van der Waals surface area contributed by atoms with E-state index >= 15 is 0 Å². The average Bonchev–Trinajstić information content (AvgIpc) is 3.77. The number of anilines is 1. The number of benzene rings is 3. The monoisotopic (exact) mass is 663 g/mol. The number of aromatic amines is 1. The van der Waals surface area contributed by atoms with Gasteiger partial charge < -0.3 is 19.7 Å². The molecule has 12 heteroatoms. The van der Waals surface area contributed by atoms with E-state index in [-0.39, 0.29) is 18.4 Å². The third-order valence-corrected chi connectivity index (χ3v) is 9.77. The van der Waals surface area contributed by atoms with Crippen molar-refractivity contribution in [3.63, 3.8) is 0 Å². The molecule has 2 saturated heterocycles. The molecule has 5 aromatic rings. The highest BCUT2D eigenvalue weighted by Crippen LogP contribution is 2.36. The van der Waals surface area contributed by atoms with Crippen molar-refractivity contribution in [1.29, 1.82) is 0 Å². The highest BCUT2D eigenvalue weighted by molar-refractivity contribution is 6.02. The van der Waals surface area contributed by atoms with Gasteiger partial charge in [0.15, 0.2) is 11.4 Å². The number of carbonyl (C=O) groups is 2. The molecule has 2 N–H and O–H groups in total. The molecule has 252 valence electrons. The zero-order chi connectivity index (χ0) is 34.0. The zero-order valence-corrected chi connectivity index (χ0v) is 27.5. The lowest BCUT2D eigenvalue weighted by Gasteiger charge is -2.33. The van der Waals surface area contributed by atoms with Gasteiger partial charge in [-0.05, 0) is 67.1 Å². The molecule has 0 unspecified atom stereocenters. The summed E-state index contributed by atoms with van der Waals surface area (Å²) < 4.78 is 25.1. The number of hydrogen-bond acceptors (Lipinski definition) is 8. The van der Waals surface area contributed by atoms with E-state index in [1.165, 1.54) is 31.9 Å². The molecule has 7 rings (SSSR count). The number of fused-ring (bicyclic) bond motifs is 1. The van der Waals surface area contributed by atoms with Crippen LogP contribution in [0.25, 0.3) is 33.5 Å². The molecular formula is C37H38FN7O4. The van der Waals surface area contributed by atoms with Gasteiger partial charge in [-0.25, -0.2) is 14.4 Å². The maximum absolute atomic E-state index is 13.8. The lowest BCUT2D eigenvalue weighted by Crippen LogP contribution is -2.48. The Bertz CT molecular complexity index is 1960. The third-order valence-electron chi connectivity index (χ3n) is 9.77. The standard InChI is InChI=1S/C37H38FN7O4/c1-48-32-20-27(38)8-10-29(32)34-30-21-28(9-11-31(30)42-43-34)41-36(47)37(49-2)14-19-44(23-37)22-33(46)45-17-12-25(13-18-45)24-4-6-26(7-5-24)35-39-15-3-16-40-35/h3-11,15-16,20-21,25H,12-14,17-19,22-23H2,1-2H3,(H,41,47)(H,42,43)/t37-/m0/s1. The third kappa shape index (κ3) is 6.61. The second-order valence-corrected chi connectivity index (χ2v) is 12.6. The van der Waals surface area contributed by atoms with Crippen LogP contribution in [-0.4, -0.2) is 94.3 Å². The Balaban J connectivity index is 0.952. The van der Waals surface area contributed by atoms with Gasteiger partial charge >= 0.3 is 0 Å². The first-order valence-electron chi connectivity index (χ1n) is 16.4. The molecule has 0 radical (unpaired) electrons. The molecule has 0 aliphatic carbocycles. The lowest BCUT2D eigenvalue weighted by atomic mass is 9.89. The number of halogens is 1. The number of H-pyrrole nitrogens is 1. The van der Waals surface area contributed by atoms with E-state index in [0.717, 1.165) is 29.3 Å². The minimum absolute atomic E-state index is 0.0662. The van der Waals surface area contributed by atoms with Gasteiger partial charge in [0, 0.05) is 73.9 Å². The van der Waals surface area contributed by atoms with Crippen LogP contribution >= 0.6 is 0 Å². The molecule has 4 heterocycles. The van der Waals surface area contributed by atoms with Crippen molar-refractivity contribution >= 4 is 28.4 Å². The smallest absolute Gasteiger partial charge is 0.258 e. The summed E-state index contributed by atoms with van der Waals surface area (Å²) in [6.07, 6.45) is 5.73. The second-order valence-electron chi connectivity index (χ2n) is 12.6. The fraction of sp³-hybridized carbons (Fsp3) is 0.324. The predicted octanol–water partition coefficient (Wildman–Crippen LogP) is 5.27. The number of carbonyl (C=O) groups excluding carboxylic acids is 2. The van der Waals surface area contributed by atoms with Crippen molar-refractivity contribution in [2.75, 3.05) is 52.3 Å². The summed E-state index contributed by atoms with van der Waals surface area (Å²) in [7, 11) is 3.01. The molecule has 11 nitrogen and oxygen atoms in total. The van der Waals surface area contributed by atoms with Gasteiger partial charge in [-0.3, -0.25) is 19.6 Å². The fourth-order valence-electron chi connectivity index (χ4n) is 6.95. The summed E-state index contributed by atoms with van der Waals surface area (Å²) in [5, 5.41) is 11.2. The van der Waals surface area contributed by atoms with Crippen LogP contribution in [0.2, 0.25) is 0 Å². The highest BCUT2D eigenvalue weighted by atomic mass is 19.1. The van der Waals surface area contributed by atoms with Gasteiger partial charge in [-0.15, -0.1) is 0 Å². The van der Waals surface area contributed by atoms with Crippen LogP contribution in [0, 0.1) is 5.82 Å². The molecule has 1 atom stereocenters. The number of ether oxygens (including phenoxy) is 2. The van der Waals surface area contributed by atoms with Crippen LogP contribution in [0.3, 0.4) is 0 Å². The number of nitrogens with zero attached hydrogens (tertiary/aromatic N) is 5. The van der Waals surface area contributed by atoms with Crippen LogP contribution in [0.15, 0.2) is 79.1 Å². The molecule has 2 aromatic heterocycles. The predicted molar refractivity (Wildman–Crippen MR) is 183 cm³/mol. The molecule has 3 aromatic carbocycles. The van der Waals surface area contributed by atoms with E-state index in [4.69, 9.17) is 9.47 Å². The van der Waals surface area contributed by atoms with Crippen molar-refractivity contribution in [2.45, 2.75) is 30.8 Å². The molecular weight excluding hydrogens is 625 g/mol. The molecule has 49 heavy (non-hydrogen) atoms. The summed E-state index contributed by atoms with van der Waals surface area (Å²) in [5.74, 6) is 0.835. The number of piperidine rings is 1. The number of likely N-dealkylation sites (tertiary alicyclic amines) is 2. The largest absolute Gasteiger partial charge is 0.496 e. The topological polar surface area (TPSA) is 126 Å². The quantitative estimate of drug-likeness (QED) is 0.219. The Kier molecular flexibility index (Phi) is 9.07. The van der Waals surface area contributed by atoms with Gasteiger partial charge in [0.05, 0.1) is 19.2 Å². The minimum atomic E-state index is -1.10. The number of amides is 2. The first kappa shape index (κ1) is 32.4. The summed E-state index contributed by atoms with van der Waals surface area (Å²) in [6.45, 7) is 2.49. The first-order valence-corrected chi connectivity index (χ1v) is 16.4. The van der Waals surface area contributed by atoms with E-state index in [0.29, 0.717) is 67.0 Å². The van der Waals surface area contributed by atoms with Crippen molar-refractivity contribution in [1.82, 2.24) is 30.0 Å². The molecule has 0 saturated carbocycles. The fourth-order valence-corrected chi connectivity index (χ4v) is 6.95. The van der Waals surface area contributed by atoms with Crippen LogP contribution in [0.4, 0.5) is 10.1 Å². The van der Waals surface area contributed by atoms with Gasteiger partial charge in [0.1, 0.15) is 17.3 Å². The number of nitrogens with one attached hydrogen (secondary N) is 2. The van der Waals surface area contributed by atoms with Gasteiger partial charge in [-0.1, -0.05) is 24.3 Å².